The zero-order valence-corrected chi connectivity index (χ0v) is 10.6. The third-order valence-electron chi connectivity index (χ3n) is 2.91. The standard InChI is InChI=1S/C13H10F2N6/c14-7-1-2-8(10(15)5-7)13-9(6-17-21-13)11-3-4-12(18-16)20-19-11/h1-6H,16H2,(H,17,21)(H,18,20). The fraction of sp³-hybridized carbons (Fsp3) is 0. The van der Waals surface area contributed by atoms with Crippen LogP contribution in [0.3, 0.4) is 0 Å². The number of aromatic nitrogens is 4. The fourth-order valence-electron chi connectivity index (χ4n) is 1.92. The topological polar surface area (TPSA) is 92.5 Å². The molecule has 0 saturated heterocycles. The Hall–Kier alpha value is -2.87. The van der Waals surface area contributed by atoms with Crippen molar-refractivity contribution in [3.8, 4) is 22.5 Å². The van der Waals surface area contributed by atoms with Crippen molar-refractivity contribution in [3.63, 3.8) is 0 Å². The van der Waals surface area contributed by atoms with Crippen molar-refractivity contribution in [1.29, 1.82) is 0 Å². The zero-order valence-electron chi connectivity index (χ0n) is 10.6. The van der Waals surface area contributed by atoms with Gasteiger partial charge in [0.2, 0.25) is 0 Å². The molecule has 4 N–H and O–H groups in total. The number of nitrogen functional groups attached to an aromatic ring is 1. The number of anilines is 1. The van der Waals surface area contributed by atoms with E-state index in [0.717, 1.165) is 6.07 Å². The summed E-state index contributed by atoms with van der Waals surface area (Å²) in [5.41, 5.74) is 3.91. The van der Waals surface area contributed by atoms with Crippen LogP contribution < -0.4 is 11.3 Å². The highest BCUT2D eigenvalue weighted by Crippen LogP contribution is 2.30. The number of aromatic amines is 1. The van der Waals surface area contributed by atoms with Gasteiger partial charge < -0.3 is 5.43 Å². The highest BCUT2D eigenvalue weighted by atomic mass is 19.1. The van der Waals surface area contributed by atoms with Crippen molar-refractivity contribution in [2.24, 2.45) is 5.84 Å². The van der Waals surface area contributed by atoms with Gasteiger partial charge in [-0.3, -0.25) is 5.10 Å². The molecule has 0 bridgehead atoms. The van der Waals surface area contributed by atoms with Gasteiger partial charge in [0.15, 0.2) is 5.82 Å². The molecule has 3 rings (SSSR count). The third kappa shape index (κ3) is 2.43. The highest BCUT2D eigenvalue weighted by Gasteiger charge is 2.16. The van der Waals surface area contributed by atoms with Crippen LogP contribution in [0, 0.1) is 11.6 Å². The number of nitrogens with one attached hydrogen (secondary N) is 2. The van der Waals surface area contributed by atoms with E-state index in [1.54, 1.807) is 18.3 Å². The number of halogens is 2. The second-order valence-electron chi connectivity index (χ2n) is 4.22. The summed E-state index contributed by atoms with van der Waals surface area (Å²) in [6, 6.07) is 6.59. The molecule has 8 heteroatoms. The molecule has 0 fully saturated rings. The van der Waals surface area contributed by atoms with Crippen molar-refractivity contribution in [1.82, 2.24) is 20.4 Å². The Kier molecular flexibility index (Phi) is 3.28. The molecule has 1 aromatic carbocycles. The van der Waals surface area contributed by atoms with Gasteiger partial charge in [0.25, 0.3) is 0 Å². The van der Waals surface area contributed by atoms with Crippen molar-refractivity contribution in [2.45, 2.75) is 0 Å². The number of nitrogens with zero attached hydrogens (tertiary/aromatic N) is 3. The lowest BCUT2D eigenvalue weighted by Crippen LogP contribution is -2.09. The molecule has 106 valence electrons. The van der Waals surface area contributed by atoms with Crippen LogP contribution in [0.5, 0.6) is 0 Å². The van der Waals surface area contributed by atoms with E-state index in [1.807, 2.05) is 0 Å². The van der Waals surface area contributed by atoms with Gasteiger partial charge in [0.1, 0.15) is 17.3 Å². The van der Waals surface area contributed by atoms with Gasteiger partial charge >= 0.3 is 0 Å². The zero-order chi connectivity index (χ0) is 14.8. The SMILES string of the molecule is NNc1ccc(-c2c[nH]nc2-c2ccc(F)cc2F)nn1. The molecule has 2 aromatic heterocycles. The summed E-state index contributed by atoms with van der Waals surface area (Å²) in [4.78, 5) is 0. The summed E-state index contributed by atoms with van der Waals surface area (Å²) in [7, 11) is 0. The lowest BCUT2D eigenvalue weighted by atomic mass is 10.1. The van der Waals surface area contributed by atoms with E-state index in [1.165, 1.54) is 12.1 Å². The van der Waals surface area contributed by atoms with E-state index < -0.39 is 11.6 Å². The second kappa shape index (κ2) is 5.25. The lowest BCUT2D eigenvalue weighted by Gasteiger charge is -2.04. The monoisotopic (exact) mass is 288 g/mol. The predicted octanol–water partition coefficient (Wildman–Crippen LogP) is 2.10. The van der Waals surface area contributed by atoms with Crippen molar-refractivity contribution in [3.05, 3.63) is 48.2 Å². The Morgan fingerprint density at radius 1 is 1.05 bits per heavy atom. The van der Waals surface area contributed by atoms with E-state index >= 15 is 0 Å². The van der Waals surface area contributed by atoms with E-state index in [4.69, 9.17) is 5.84 Å². The molecule has 0 amide bonds. The van der Waals surface area contributed by atoms with Crippen LogP contribution in [0.2, 0.25) is 0 Å². The summed E-state index contributed by atoms with van der Waals surface area (Å²) in [6.07, 6.45) is 1.57. The van der Waals surface area contributed by atoms with Crippen LogP contribution in [-0.4, -0.2) is 20.4 Å². The summed E-state index contributed by atoms with van der Waals surface area (Å²) in [5.74, 6) is 4.27. The second-order valence-corrected chi connectivity index (χ2v) is 4.22. The van der Waals surface area contributed by atoms with Gasteiger partial charge in [-0.1, -0.05) is 0 Å². The Bertz CT molecular complexity index is 769. The number of H-pyrrole nitrogens is 1. The molecule has 3 aromatic rings. The molecule has 0 atom stereocenters. The molecule has 0 aliphatic carbocycles. The van der Waals surface area contributed by atoms with E-state index in [2.05, 4.69) is 25.8 Å². The summed E-state index contributed by atoms with van der Waals surface area (Å²) in [6.45, 7) is 0. The van der Waals surface area contributed by atoms with Crippen LogP contribution in [0.25, 0.3) is 22.5 Å². The number of hydrazine groups is 1. The van der Waals surface area contributed by atoms with E-state index in [9.17, 15) is 8.78 Å². The molecular formula is C13H10F2N6. The average Bonchev–Trinajstić information content (AvgIpc) is 2.96. The van der Waals surface area contributed by atoms with Gasteiger partial charge in [-0.2, -0.15) is 5.10 Å². The Morgan fingerprint density at radius 3 is 2.57 bits per heavy atom. The molecule has 0 aliphatic rings. The summed E-state index contributed by atoms with van der Waals surface area (Å²) >= 11 is 0. The molecule has 0 saturated carbocycles. The largest absolute Gasteiger partial charge is 0.307 e. The quantitative estimate of drug-likeness (QED) is 0.507. The molecule has 21 heavy (non-hydrogen) atoms. The minimum atomic E-state index is -0.698. The Morgan fingerprint density at radius 2 is 1.90 bits per heavy atom. The first kappa shape index (κ1) is 13.1. The number of hydrogen-bond acceptors (Lipinski definition) is 5. The Labute approximate surface area is 118 Å². The van der Waals surface area contributed by atoms with Gasteiger partial charge in [-0.05, 0) is 24.3 Å². The molecular weight excluding hydrogens is 278 g/mol. The number of benzene rings is 1. The molecule has 6 nitrogen and oxygen atoms in total. The minimum absolute atomic E-state index is 0.176. The van der Waals surface area contributed by atoms with Crippen molar-refractivity contribution >= 4 is 5.82 Å². The maximum absolute atomic E-state index is 13.9. The van der Waals surface area contributed by atoms with Crippen molar-refractivity contribution < 1.29 is 8.78 Å². The number of hydrogen-bond donors (Lipinski definition) is 3. The van der Waals surface area contributed by atoms with E-state index in [-0.39, 0.29) is 5.56 Å². The van der Waals surface area contributed by atoms with Crippen LogP contribution >= 0.6 is 0 Å². The van der Waals surface area contributed by atoms with Crippen molar-refractivity contribution in [2.75, 3.05) is 5.43 Å². The van der Waals surface area contributed by atoms with Gasteiger partial charge in [0.05, 0.1) is 5.69 Å². The number of nitrogens with two attached hydrogens (primary N) is 1. The van der Waals surface area contributed by atoms with Gasteiger partial charge in [-0.15, -0.1) is 10.2 Å². The maximum atomic E-state index is 13.9. The molecule has 0 spiro atoms. The smallest absolute Gasteiger partial charge is 0.162 e. The molecule has 0 aliphatic heterocycles. The van der Waals surface area contributed by atoms with Crippen LogP contribution in [0.4, 0.5) is 14.6 Å². The highest BCUT2D eigenvalue weighted by molar-refractivity contribution is 5.78. The average molecular weight is 288 g/mol. The van der Waals surface area contributed by atoms with Crippen LogP contribution in [-0.2, 0) is 0 Å². The summed E-state index contributed by atoms with van der Waals surface area (Å²) < 4.78 is 26.9. The molecule has 0 unspecified atom stereocenters. The Balaban J connectivity index is 2.07. The van der Waals surface area contributed by atoms with E-state index in [0.29, 0.717) is 22.8 Å². The minimum Gasteiger partial charge on any atom is -0.307 e. The van der Waals surface area contributed by atoms with Gasteiger partial charge in [-0.25, -0.2) is 14.6 Å². The predicted molar refractivity (Wildman–Crippen MR) is 72.8 cm³/mol. The number of rotatable bonds is 3. The van der Waals surface area contributed by atoms with Gasteiger partial charge in [0, 0.05) is 23.4 Å². The molecule has 0 radical (unpaired) electrons. The first-order valence-corrected chi connectivity index (χ1v) is 5.99. The first-order chi connectivity index (χ1) is 10.2. The van der Waals surface area contributed by atoms with Crippen LogP contribution in [0.15, 0.2) is 36.5 Å². The normalized spacial score (nSPS) is 10.6. The lowest BCUT2D eigenvalue weighted by molar-refractivity contribution is 0.585. The summed E-state index contributed by atoms with van der Waals surface area (Å²) in [5, 5.41) is 14.5. The van der Waals surface area contributed by atoms with Crippen LogP contribution in [0.1, 0.15) is 0 Å². The third-order valence-corrected chi connectivity index (χ3v) is 2.91. The molecule has 2 heterocycles. The first-order valence-electron chi connectivity index (χ1n) is 5.99. The maximum Gasteiger partial charge on any atom is 0.162 e. The fourth-order valence-corrected chi connectivity index (χ4v) is 1.92.